The first-order chi connectivity index (χ1) is 8.49. The van der Waals surface area contributed by atoms with Gasteiger partial charge in [0.1, 0.15) is 6.54 Å². The predicted molar refractivity (Wildman–Crippen MR) is 72.4 cm³/mol. The largest absolute Gasteiger partial charge is 0.480 e. The number of nitrogens with zero attached hydrogens (tertiary/aromatic N) is 1. The second-order valence-electron chi connectivity index (χ2n) is 4.36. The van der Waals surface area contributed by atoms with Gasteiger partial charge >= 0.3 is 5.97 Å². The van der Waals surface area contributed by atoms with Crippen molar-refractivity contribution in [2.45, 2.75) is 13.8 Å². The topological polar surface area (TPSA) is 57.6 Å². The quantitative estimate of drug-likeness (QED) is 0.805. The zero-order valence-electron chi connectivity index (χ0n) is 10.5. The van der Waals surface area contributed by atoms with Crippen LogP contribution in [0.3, 0.4) is 0 Å². The zero-order chi connectivity index (χ0) is 13.5. The number of rotatable bonds is 6. The average molecular weight is 267 g/mol. The summed E-state index contributed by atoms with van der Waals surface area (Å²) in [5.41, 5.74) is 0. The van der Waals surface area contributed by atoms with E-state index in [1.165, 1.54) is 22.3 Å². The molecule has 1 N–H and O–H groups in total. The van der Waals surface area contributed by atoms with Crippen molar-refractivity contribution >= 4 is 29.3 Å². The fourth-order valence-electron chi connectivity index (χ4n) is 1.48. The molecule has 98 valence electrons. The van der Waals surface area contributed by atoms with Crippen LogP contribution in [0.2, 0.25) is 0 Å². The molecule has 4 nitrogen and oxygen atoms in total. The minimum absolute atomic E-state index is 0.239. The maximum absolute atomic E-state index is 11.9. The summed E-state index contributed by atoms with van der Waals surface area (Å²) in [6, 6.07) is 3.80. The van der Waals surface area contributed by atoms with E-state index in [-0.39, 0.29) is 18.4 Å². The molecule has 0 spiro atoms. The van der Waals surface area contributed by atoms with Gasteiger partial charge < -0.3 is 10.0 Å². The molecule has 0 aliphatic heterocycles. The Kier molecular flexibility index (Phi) is 5.58. The van der Waals surface area contributed by atoms with Crippen molar-refractivity contribution < 1.29 is 14.7 Å². The average Bonchev–Trinajstić information content (AvgIpc) is 2.76. The fourth-order valence-corrected chi connectivity index (χ4v) is 2.10. The number of hydrogen-bond donors (Lipinski definition) is 1. The van der Waals surface area contributed by atoms with E-state index in [0.29, 0.717) is 6.54 Å². The van der Waals surface area contributed by atoms with Crippen molar-refractivity contribution in [3.63, 3.8) is 0 Å². The predicted octanol–water partition coefficient (Wildman–Crippen LogP) is 2.33. The normalized spacial score (nSPS) is 11.1. The number of aliphatic carboxylic acids is 1. The molecule has 1 aromatic heterocycles. The van der Waals surface area contributed by atoms with E-state index in [4.69, 9.17) is 5.11 Å². The Bertz CT molecular complexity index is 423. The number of carbonyl (C=O) groups is 2. The summed E-state index contributed by atoms with van der Waals surface area (Å²) in [5, 5.41) is 10.7. The van der Waals surface area contributed by atoms with E-state index < -0.39 is 5.97 Å². The van der Waals surface area contributed by atoms with E-state index in [1.54, 1.807) is 6.08 Å². The SMILES string of the molecule is CC(C)CN(CC(=O)O)C(=O)C=Cc1cccs1. The van der Waals surface area contributed by atoms with Gasteiger partial charge in [-0.2, -0.15) is 0 Å². The summed E-state index contributed by atoms with van der Waals surface area (Å²) >= 11 is 1.53. The zero-order valence-corrected chi connectivity index (χ0v) is 11.3. The standard InChI is InChI=1S/C13H17NO3S/c1-10(2)8-14(9-13(16)17)12(15)6-5-11-4-3-7-18-11/h3-7,10H,8-9H2,1-2H3,(H,16,17). The Balaban J connectivity index is 2.66. The lowest BCUT2D eigenvalue weighted by Gasteiger charge is -2.21. The Morgan fingerprint density at radius 3 is 2.72 bits per heavy atom. The lowest BCUT2D eigenvalue weighted by Crippen LogP contribution is -2.37. The molecule has 0 unspecified atom stereocenters. The molecule has 0 atom stereocenters. The number of carboxylic acids is 1. The summed E-state index contributed by atoms with van der Waals surface area (Å²) < 4.78 is 0. The van der Waals surface area contributed by atoms with Crippen LogP contribution in [0.25, 0.3) is 6.08 Å². The molecule has 0 fully saturated rings. The third kappa shape index (κ3) is 5.14. The van der Waals surface area contributed by atoms with Gasteiger partial charge in [0.2, 0.25) is 5.91 Å². The maximum Gasteiger partial charge on any atom is 0.323 e. The third-order valence-corrected chi connectivity index (χ3v) is 2.99. The first-order valence-electron chi connectivity index (χ1n) is 5.71. The van der Waals surface area contributed by atoms with E-state index >= 15 is 0 Å². The molecule has 1 heterocycles. The van der Waals surface area contributed by atoms with Gasteiger partial charge in [0.25, 0.3) is 0 Å². The van der Waals surface area contributed by atoms with Gasteiger partial charge in [-0.05, 0) is 23.4 Å². The van der Waals surface area contributed by atoms with Gasteiger partial charge in [0.15, 0.2) is 0 Å². The lowest BCUT2D eigenvalue weighted by atomic mass is 10.2. The Morgan fingerprint density at radius 2 is 2.22 bits per heavy atom. The van der Waals surface area contributed by atoms with Gasteiger partial charge in [-0.1, -0.05) is 19.9 Å². The second kappa shape index (κ2) is 6.96. The summed E-state index contributed by atoms with van der Waals surface area (Å²) in [7, 11) is 0. The summed E-state index contributed by atoms with van der Waals surface area (Å²) in [4.78, 5) is 24.9. The Morgan fingerprint density at radius 1 is 1.50 bits per heavy atom. The van der Waals surface area contributed by atoms with E-state index in [0.717, 1.165) is 4.88 Å². The monoisotopic (exact) mass is 267 g/mol. The van der Waals surface area contributed by atoms with Crippen molar-refractivity contribution in [3.05, 3.63) is 28.5 Å². The number of hydrogen-bond acceptors (Lipinski definition) is 3. The molecule has 0 aliphatic carbocycles. The van der Waals surface area contributed by atoms with Crippen molar-refractivity contribution in [1.82, 2.24) is 4.90 Å². The molecule has 1 rings (SSSR count). The Hall–Kier alpha value is -1.62. The van der Waals surface area contributed by atoms with Crippen LogP contribution in [0, 0.1) is 5.92 Å². The molecular weight excluding hydrogens is 250 g/mol. The lowest BCUT2D eigenvalue weighted by molar-refractivity contribution is -0.143. The van der Waals surface area contributed by atoms with Gasteiger partial charge in [0, 0.05) is 17.5 Å². The number of amides is 1. The molecule has 0 saturated carbocycles. The van der Waals surface area contributed by atoms with Gasteiger partial charge in [-0.15, -0.1) is 11.3 Å². The molecule has 0 radical (unpaired) electrons. The maximum atomic E-state index is 11.9. The van der Waals surface area contributed by atoms with Crippen molar-refractivity contribution in [2.75, 3.05) is 13.1 Å². The van der Waals surface area contributed by atoms with Gasteiger partial charge in [0.05, 0.1) is 0 Å². The van der Waals surface area contributed by atoms with E-state index in [2.05, 4.69) is 0 Å². The molecular formula is C13H17NO3S. The van der Waals surface area contributed by atoms with Crippen molar-refractivity contribution in [3.8, 4) is 0 Å². The molecule has 0 aromatic carbocycles. The van der Waals surface area contributed by atoms with Crippen molar-refractivity contribution in [2.24, 2.45) is 5.92 Å². The van der Waals surface area contributed by atoms with Crippen molar-refractivity contribution in [1.29, 1.82) is 0 Å². The highest BCUT2D eigenvalue weighted by Crippen LogP contribution is 2.10. The van der Waals surface area contributed by atoms with Crippen LogP contribution in [0.5, 0.6) is 0 Å². The highest BCUT2D eigenvalue weighted by Gasteiger charge is 2.15. The van der Waals surface area contributed by atoms with Gasteiger partial charge in [-0.25, -0.2) is 0 Å². The summed E-state index contributed by atoms with van der Waals surface area (Å²) in [6.07, 6.45) is 3.14. The number of carboxylic acid groups (broad SMARTS) is 1. The first kappa shape index (κ1) is 14.4. The number of carbonyl (C=O) groups excluding carboxylic acids is 1. The van der Waals surface area contributed by atoms with Crippen LogP contribution in [0.4, 0.5) is 0 Å². The highest BCUT2D eigenvalue weighted by molar-refractivity contribution is 7.10. The summed E-state index contributed by atoms with van der Waals surface area (Å²) in [5.74, 6) is -1.02. The fraction of sp³-hybridized carbons (Fsp3) is 0.385. The Labute approximate surface area is 111 Å². The minimum Gasteiger partial charge on any atom is -0.480 e. The van der Waals surface area contributed by atoms with Crippen LogP contribution < -0.4 is 0 Å². The molecule has 1 aromatic rings. The molecule has 1 amide bonds. The van der Waals surface area contributed by atoms with Crippen LogP contribution in [-0.2, 0) is 9.59 Å². The number of thiophene rings is 1. The van der Waals surface area contributed by atoms with Crippen LogP contribution in [0.1, 0.15) is 18.7 Å². The summed E-state index contributed by atoms with van der Waals surface area (Å²) in [6.45, 7) is 4.09. The second-order valence-corrected chi connectivity index (χ2v) is 5.33. The molecule has 0 bridgehead atoms. The van der Waals surface area contributed by atoms with E-state index in [9.17, 15) is 9.59 Å². The molecule has 0 aliphatic rings. The molecule has 5 heteroatoms. The van der Waals surface area contributed by atoms with Gasteiger partial charge in [-0.3, -0.25) is 9.59 Å². The van der Waals surface area contributed by atoms with E-state index in [1.807, 2.05) is 31.4 Å². The minimum atomic E-state index is -0.992. The molecule has 0 saturated heterocycles. The van der Waals surface area contributed by atoms with Crippen LogP contribution in [0.15, 0.2) is 23.6 Å². The van der Waals surface area contributed by atoms with Crippen LogP contribution >= 0.6 is 11.3 Å². The molecule has 18 heavy (non-hydrogen) atoms. The highest BCUT2D eigenvalue weighted by atomic mass is 32.1. The third-order valence-electron chi connectivity index (χ3n) is 2.16. The van der Waals surface area contributed by atoms with Crippen LogP contribution in [-0.4, -0.2) is 35.0 Å². The smallest absolute Gasteiger partial charge is 0.323 e. The first-order valence-corrected chi connectivity index (χ1v) is 6.59.